The highest BCUT2D eigenvalue weighted by Gasteiger charge is 2.38. The van der Waals surface area contributed by atoms with Crippen molar-refractivity contribution < 1.29 is 5.11 Å². The van der Waals surface area contributed by atoms with E-state index in [9.17, 15) is 5.11 Å². The number of thioether (sulfide) groups is 1. The molecule has 102 valence electrons. The summed E-state index contributed by atoms with van der Waals surface area (Å²) in [4.78, 5) is 0. The zero-order valence-corrected chi connectivity index (χ0v) is 12.8. The monoisotopic (exact) mass is 288 g/mol. The molecule has 1 aromatic heterocycles. The fraction of sp³-hybridized carbons (Fsp3) is 0.769. The molecule has 0 aromatic carbocycles. The zero-order chi connectivity index (χ0) is 13.3. The summed E-state index contributed by atoms with van der Waals surface area (Å²) in [6, 6.07) is 0. The summed E-state index contributed by atoms with van der Waals surface area (Å²) in [7, 11) is 0. The van der Waals surface area contributed by atoms with E-state index in [4.69, 9.17) is 11.6 Å². The normalized spacial score (nSPS) is 28.6. The number of nitrogens with zero attached hydrogens (tertiary/aromatic N) is 2. The van der Waals surface area contributed by atoms with Gasteiger partial charge in [0.15, 0.2) is 0 Å². The first kappa shape index (κ1) is 14.2. The van der Waals surface area contributed by atoms with Crippen LogP contribution in [0.4, 0.5) is 0 Å². The fourth-order valence-corrected chi connectivity index (χ4v) is 3.93. The van der Waals surface area contributed by atoms with Crippen LogP contribution in [-0.2, 0) is 13.0 Å². The predicted molar refractivity (Wildman–Crippen MR) is 77.5 cm³/mol. The second kappa shape index (κ2) is 5.43. The highest BCUT2D eigenvalue weighted by molar-refractivity contribution is 8.00. The summed E-state index contributed by atoms with van der Waals surface area (Å²) in [5, 5.41) is 16.2. The minimum atomic E-state index is -0.647. The summed E-state index contributed by atoms with van der Waals surface area (Å²) in [6.07, 6.45) is 2.53. The largest absolute Gasteiger partial charge is 0.388 e. The van der Waals surface area contributed by atoms with Crippen LogP contribution in [0.2, 0.25) is 5.02 Å². The van der Waals surface area contributed by atoms with Crippen LogP contribution in [0.1, 0.15) is 38.1 Å². The van der Waals surface area contributed by atoms with Crippen molar-refractivity contribution in [1.29, 1.82) is 0 Å². The molecular formula is C13H21ClN2OS. The van der Waals surface area contributed by atoms with Gasteiger partial charge in [0.05, 0.1) is 22.0 Å². The van der Waals surface area contributed by atoms with E-state index < -0.39 is 5.60 Å². The highest BCUT2D eigenvalue weighted by atomic mass is 35.5. The molecule has 0 saturated carbocycles. The van der Waals surface area contributed by atoms with Crippen LogP contribution >= 0.6 is 23.4 Å². The van der Waals surface area contributed by atoms with Crippen molar-refractivity contribution in [3.63, 3.8) is 0 Å². The Hall–Kier alpha value is -0.190. The third kappa shape index (κ3) is 2.56. The van der Waals surface area contributed by atoms with Gasteiger partial charge in [-0.1, -0.05) is 18.5 Å². The lowest BCUT2D eigenvalue weighted by atomic mass is 9.88. The quantitative estimate of drug-likeness (QED) is 0.929. The van der Waals surface area contributed by atoms with E-state index in [1.165, 1.54) is 0 Å². The predicted octanol–water partition coefficient (Wildman–Crippen LogP) is 3.05. The number of rotatable bonds is 3. The first-order valence-electron chi connectivity index (χ1n) is 6.53. The first-order valence-corrected chi connectivity index (χ1v) is 7.96. The van der Waals surface area contributed by atoms with Crippen LogP contribution in [0.5, 0.6) is 0 Å². The molecule has 18 heavy (non-hydrogen) atoms. The van der Waals surface area contributed by atoms with Gasteiger partial charge in [-0.2, -0.15) is 16.9 Å². The Labute approximate surface area is 118 Å². The third-order valence-electron chi connectivity index (χ3n) is 3.80. The van der Waals surface area contributed by atoms with Crippen molar-refractivity contribution in [2.24, 2.45) is 0 Å². The Morgan fingerprint density at radius 2 is 2.33 bits per heavy atom. The Balaban J connectivity index is 2.27. The molecule has 2 atom stereocenters. The summed E-state index contributed by atoms with van der Waals surface area (Å²) >= 11 is 8.17. The van der Waals surface area contributed by atoms with Crippen molar-refractivity contribution in [3.05, 3.63) is 16.4 Å². The molecule has 0 radical (unpaired) electrons. The van der Waals surface area contributed by atoms with Crippen LogP contribution < -0.4 is 0 Å². The molecule has 2 heterocycles. The molecule has 1 aliphatic rings. The van der Waals surface area contributed by atoms with E-state index >= 15 is 0 Å². The molecule has 1 N–H and O–H groups in total. The fourth-order valence-electron chi connectivity index (χ4n) is 2.56. The molecule has 2 rings (SSSR count). The van der Waals surface area contributed by atoms with Crippen molar-refractivity contribution >= 4 is 23.4 Å². The molecule has 2 unspecified atom stereocenters. The molecular weight excluding hydrogens is 268 g/mol. The van der Waals surface area contributed by atoms with E-state index in [-0.39, 0.29) is 5.25 Å². The average Bonchev–Trinajstić information content (AvgIpc) is 2.61. The number of aryl methyl sites for hydroxylation is 2. The maximum Gasteiger partial charge on any atom is 0.0848 e. The average molecular weight is 289 g/mol. The summed E-state index contributed by atoms with van der Waals surface area (Å²) < 4.78 is 1.92. The maximum atomic E-state index is 10.8. The lowest BCUT2D eigenvalue weighted by Gasteiger charge is -2.37. The number of aliphatic hydroxyl groups is 1. The van der Waals surface area contributed by atoms with Crippen molar-refractivity contribution in [2.45, 2.75) is 57.4 Å². The number of hydrogen-bond acceptors (Lipinski definition) is 3. The van der Waals surface area contributed by atoms with Gasteiger partial charge in [0.1, 0.15) is 0 Å². The third-order valence-corrected chi connectivity index (χ3v) is 5.76. The maximum absolute atomic E-state index is 10.8. The van der Waals surface area contributed by atoms with Crippen molar-refractivity contribution in [2.75, 3.05) is 5.75 Å². The smallest absolute Gasteiger partial charge is 0.0848 e. The number of halogens is 1. The molecule has 1 aromatic rings. The first-order chi connectivity index (χ1) is 8.48. The zero-order valence-electron chi connectivity index (χ0n) is 11.2. The van der Waals surface area contributed by atoms with Crippen LogP contribution in [0, 0.1) is 6.92 Å². The van der Waals surface area contributed by atoms with E-state index in [0.29, 0.717) is 11.4 Å². The Morgan fingerprint density at radius 3 is 2.94 bits per heavy atom. The molecule has 1 fully saturated rings. The van der Waals surface area contributed by atoms with E-state index in [2.05, 4.69) is 18.9 Å². The van der Waals surface area contributed by atoms with Gasteiger partial charge in [0.25, 0.3) is 0 Å². The topological polar surface area (TPSA) is 38.0 Å². The standard InChI is InChI=1S/C13H21ClN2OS/c1-4-16-11(12(14)9(2)15-16)8-13(17)6-5-7-18-10(13)3/h10,17H,4-8H2,1-3H3. The minimum Gasteiger partial charge on any atom is -0.388 e. The van der Waals surface area contributed by atoms with Crippen molar-refractivity contribution in [3.8, 4) is 0 Å². The van der Waals surface area contributed by atoms with Gasteiger partial charge in [-0.05, 0) is 32.4 Å². The molecule has 0 spiro atoms. The van der Waals surface area contributed by atoms with Gasteiger partial charge in [0, 0.05) is 18.2 Å². The van der Waals surface area contributed by atoms with E-state index in [1.54, 1.807) is 0 Å². The molecule has 0 bridgehead atoms. The van der Waals surface area contributed by atoms with Crippen LogP contribution in [0.3, 0.4) is 0 Å². The molecule has 0 aliphatic carbocycles. The number of aromatic nitrogens is 2. The van der Waals surface area contributed by atoms with Crippen molar-refractivity contribution in [1.82, 2.24) is 9.78 Å². The van der Waals surface area contributed by atoms with Crippen LogP contribution in [0.15, 0.2) is 0 Å². The van der Waals surface area contributed by atoms with Gasteiger partial charge in [-0.3, -0.25) is 4.68 Å². The lowest BCUT2D eigenvalue weighted by molar-refractivity contribution is 0.0279. The lowest BCUT2D eigenvalue weighted by Crippen LogP contribution is -2.44. The molecule has 0 amide bonds. The minimum absolute atomic E-state index is 0.253. The van der Waals surface area contributed by atoms with Gasteiger partial charge < -0.3 is 5.11 Å². The Morgan fingerprint density at radius 1 is 1.61 bits per heavy atom. The summed E-state index contributed by atoms with van der Waals surface area (Å²) in [5.74, 6) is 1.14. The Kier molecular flexibility index (Phi) is 4.29. The second-order valence-corrected chi connectivity index (χ2v) is 6.89. The highest BCUT2D eigenvalue weighted by Crippen LogP contribution is 2.37. The Bertz CT molecular complexity index is 435. The molecule has 1 saturated heterocycles. The molecule has 5 heteroatoms. The van der Waals surface area contributed by atoms with Gasteiger partial charge in [-0.25, -0.2) is 0 Å². The number of hydrogen-bond donors (Lipinski definition) is 1. The van der Waals surface area contributed by atoms with E-state index in [1.807, 2.05) is 23.4 Å². The molecule has 3 nitrogen and oxygen atoms in total. The van der Waals surface area contributed by atoms with Gasteiger partial charge >= 0.3 is 0 Å². The SMILES string of the molecule is CCn1nc(C)c(Cl)c1CC1(O)CCCSC1C. The summed E-state index contributed by atoms with van der Waals surface area (Å²) in [6.45, 7) is 6.87. The van der Waals surface area contributed by atoms with Crippen LogP contribution in [-0.4, -0.2) is 31.5 Å². The van der Waals surface area contributed by atoms with Gasteiger partial charge in [-0.15, -0.1) is 0 Å². The van der Waals surface area contributed by atoms with Gasteiger partial charge in [0.2, 0.25) is 0 Å². The molecule has 1 aliphatic heterocycles. The summed E-state index contributed by atoms with van der Waals surface area (Å²) in [5.41, 5.74) is 1.19. The van der Waals surface area contributed by atoms with Crippen LogP contribution in [0.25, 0.3) is 0 Å². The van der Waals surface area contributed by atoms with E-state index in [0.717, 1.165) is 36.5 Å². The second-order valence-electron chi connectivity index (χ2n) is 5.06.